The predicted octanol–water partition coefficient (Wildman–Crippen LogP) is 2.57. The maximum Gasteiger partial charge on any atom is 0.169 e. The second-order valence-electron chi connectivity index (χ2n) is 3.90. The molecule has 92 valence electrons. The van der Waals surface area contributed by atoms with E-state index >= 15 is 0 Å². The van der Waals surface area contributed by atoms with Crippen molar-refractivity contribution < 1.29 is 14.3 Å². The van der Waals surface area contributed by atoms with E-state index in [0.717, 1.165) is 5.56 Å². The lowest BCUT2D eigenvalue weighted by Crippen LogP contribution is -2.09. The van der Waals surface area contributed by atoms with Crippen LogP contribution in [0.2, 0.25) is 0 Å². The van der Waals surface area contributed by atoms with Gasteiger partial charge in [0.25, 0.3) is 0 Å². The molecule has 0 bridgehead atoms. The van der Waals surface area contributed by atoms with Gasteiger partial charge in [0.15, 0.2) is 5.78 Å². The summed E-state index contributed by atoms with van der Waals surface area (Å²) >= 11 is 0. The standard InChI is InChI=1S/C14H18O3/c1-3-12(15)8-11-6-5-7-14(9-11)17-10-13(16)4-2/h5-7,9H,3-4,8,10H2,1-2H3. The lowest BCUT2D eigenvalue weighted by atomic mass is 10.1. The lowest BCUT2D eigenvalue weighted by Gasteiger charge is -2.06. The molecular weight excluding hydrogens is 216 g/mol. The van der Waals surface area contributed by atoms with E-state index in [9.17, 15) is 9.59 Å². The third kappa shape index (κ3) is 4.81. The first-order valence-electron chi connectivity index (χ1n) is 5.90. The summed E-state index contributed by atoms with van der Waals surface area (Å²) in [6, 6.07) is 7.34. The van der Waals surface area contributed by atoms with Crippen molar-refractivity contribution in [2.24, 2.45) is 0 Å². The normalized spacial score (nSPS) is 10.0. The molecule has 1 aromatic carbocycles. The molecule has 0 heterocycles. The molecule has 0 aromatic heterocycles. The van der Waals surface area contributed by atoms with Crippen molar-refractivity contribution in [2.45, 2.75) is 33.1 Å². The number of ether oxygens (including phenoxy) is 1. The van der Waals surface area contributed by atoms with Gasteiger partial charge in [-0.25, -0.2) is 0 Å². The van der Waals surface area contributed by atoms with E-state index in [0.29, 0.717) is 25.0 Å². The highest BCUT2D eigenvalue weighted by atomic mass is 16.5. The first-order valence-corrected chi connectivity index (χ1v) is 5.90. The predicted molar refractivity (Wildman–Crippen MR) is 66.2 cm³/mol. The molecule has 0 unspecified atom stereocenters. The highest BCUT2D eigenvalue weighted by molar-refractivity contribution is 5.80. The summed E-state index contributed by atoms with van der Waals surface area (Å²) in [5, 5.41) is 0. The Labute approximate surface area is 102 Å². The minimum Gasteiger partial charge on any atom is -0.486 e. The van der Waals surface area contributed by atoms with E-state index in [2.05, 4.69) is 0 Å². The number of hydrogen-bond donors (Lipinski definition) is 0. The van der Waals surface area contributed by atoms with Gasteiger partial charge in [-0.15, -0.1) is 0 Å². The van der Waals surface area contributed by atoms with Crippen LogP contribution >= 0.6 is 0 Å². The van der Waals surface area contributed by atoms with Crippen LogP contribution in [0.25, 0.3) is 0 Å². The van der Waals surface area contributed by atoms with Gasteiger partial charge in [0.2, 0.25) is 0 Å². The molecule has 0 amide bonds. The molecule has 0 aliphatic heterocycles. The number of carbonyl (C=O) groups is 2. The molecule has 0 saturated carbocycles. The zero-order chi connectivity index (χ0) is 12.7. The van der Waals surface area contributed by atoms with Crippen LogP contribution in [0.4, 0.5) is 0 Å². The Morgan fingerprint density at radius 2 is 1.82 bits per heavy atom. The summed E-state index contributed by atoms with van der Waals surface area (Å²) < 4.78 is 5.35. The van der Waals surface area contributed by atoms with Crippen LogP contribution in [0.15, 0.2) is 24.3 Å². The molecule has 0 saturated heterocycles. The monoisotopic (exact) mass is 234 g/mol. The quantitative estimate of drug-likeness (QED) is 0.728. The molecule has 0 atom stereocenters. The lowest BCUT2D eigenvalue weighted by molar-refractivity contribution is -0.121. The molecule has 1 rings (SSSR count). The van der Waals surface area contributed by atoms with Crippen molar-refractivity contribution in [3.63, 3.8) is 0 Å². The van der Waals surface area contributed by atoms with Gasteiger partial charge in [-0.05, 0) is 17.7 Å². The van der Waals surface area contributed by atoms with Crippen molar-refractivity contribution in [1.29, 1.82) is 0 Å². The minimum atomic E-state index is 0.0695. The summed E-state index contributed by atoms with van der Waals surface area (Å²) in [6.45, 7) is 3.76. The van der Waals surface area contributed by atoms with Crippen molar-refractivity contribution in [3.05, 3.63) is 29.8 Å². The van der Waals surface area contributed by atoms with Gasteiger partial charge in [-0.3, -0.25) is 9.59 Å². The maximum absolute atomic E-state index is 11.3. The van der Waals surface area contributed by atoms with Crippen molar-refractivity contribution in [1.82, 2.24) is 0 Å². The summed E-state index contributed by atoms with van der Waals surface area (Å²) in [6.07, 6.45) is 1.45. The fourth-order valence-corrected chi connectivity index (χ4v) is 1.36. The molecule has 0 N–H and O–H groups in total. The van der Waals surface area contributed by atoms with E-state index in [1.165, 1.54) is 0 Å². The molecular formula is C14H18O3. The third-order valence-electron chi connectivity index (χ3n) is 2.49. The molecule has 0 radical (unpaired) electrons. The second-order valence-corrected chi connectivity index (χ2v) is 3.90. The highest BCUT2D eigenvalue weighted by Gasteiger charge is 2.04. The van der Waals surface area contributed by atoms with Gasteiger partial charge in [-0.2, -0.15) is 0 Å². The fourth-order valence-electron chi connectivity index (χ4n) is 1.36. The molecule has 3 heteroatoms. The molecule has 17 heavy (non-hydrogen) atoms. The van der Waals surface area contributed by atoms with Gasteiger partial charge < -0.3 is 4.74 Å². The Kier molecular flexibility index (Phi) is 5.40. The number of rotatable bonds is 7. The summed E-state index contributed by atoms with van der Waals surface area (Å²) in [7, 11) is 0. The zero-order valence-corrected chi connectivity index (χ0v) is 10.4. The van der Waals surface area contributed by atoms with Crippen molar-refractivity contribution in [3.8, 4) is 5.75 Å². The van der Waals surface area contributed by atoms with Crippen LogP contribution in [-0.2, 0) is 16.0 Å². The molecule has 0 spiro atoms. The van der Waals surface area contributed by atoms with Gasteiger partial charge in [-0.1, -0.05) is 26.0 Å². The zero-order valence-electron chi connectivity index (χ0n) is 10.4. The Balaban J connectivity index is 2.59. The van der Waals surface area contributed by atoms with Gasteiger partial charge in [0.05, 0.1) is 0 Å². The maximum atomic E-state index is 11.3. The Hall–Kier alpha value is -1.64. The Morgan fingerprint density at radius 1 is 1.12 bits per heavy atom. The first kappa shape index (κ1) is 13.4. The minimum absolute atomic E-state index is 0.0695. The van der Waals surface area contributed by atoms with E-state index in [4.69, 9.17) is 4.74 Å². The number of hydrogen-bond acceptors (Lipinski definition) is 3. The molecule has 3 nitrogen and oxygen atoms in total. The van der Waals surface area contributed by atoms with Crippen LogP contribution in [0, 0.1) is 0 Å². The molecule has 0 aliphatic rings. The summed E-state index contributed by atoms with van der Waals surface area (Å²) in [4.78, 5) is 22.4. The Bertz CT molecular complexity index is 396. The smallest absolute Gasteiger partial charge is 0.169 e. The van der Waals surface area contributed by atoms with Crippen molar-refractivity contribution in [2.75, 3.05) is 6.61 Å². The number of Topliss-reactive ketones (excluding diaryl/α,β-unsaturated/α-hetero) is 2. The second kappa shape index (κ2) is 6.84. The van der Waals surface area contributed by atoms with Gasteiger partial charge in [0.1, 0.15) is 18.1 Å². The third-order valence-corrected chi connectivity index (χ3v) is 2.49. The van der Waals surface area contributed by atoms with Crippen LogP contribution in [0.3, 0.4) is 0 Å². The van der Waals surface area contributed by atoms with Crippen molar-refractivity contribution >= 4 is 11.6 Å². The van der Waals surface area contributed by atoms with E-state index < -0.39 is 0 Å². The van der Waals surface area contributed by atoms with Gasteiger partial charge in [0, 0.05) is 19.3 Å². The average Bonchev–Trinajstić information content (AvgIpc) is 2.36. The number of ketones is 2. The van der Waals surface area contributed by atoms with E-state index in [1.807, 2.05) is 32.0 Å². The van der Waals surface area contributed by atoms with Crippen LogP contribution in [-0.4, -0.2) is 18.2 Å². The topological polar surface area (TPSA) is 43.4 Å². The van der Waals surface area contributed by atoms with E-state index in [-0.39, 0.29) is 18.2 Å². The Morgan fingerprint density at radius 3 is 2.47 bits per heavy atom. The van der Waals surface area contributed by atoms with Crippen LogP contribution in [0.1, 0.15) is 32.3 Å². The highest BCUT2D eigenvalue weighted by Crippen LogP contribution is 2.14. The SMILES string of the molecule is CCC(=O)COc1cccc(CC(=O)CC)c1. The largest absolute Gasteiger partial charge is 0.486 e. The molecule has 0 aliphatic carbocycles. The van der Waals surface area contributed by atoms with Crippen LogP contribution in [0.5, 0.6) is 5.75 Å². The summed E-state index contributed by atoms with van der Waals surface area (Å²) in [5.41, 5.74) is 0.929. The van der Waals surface area contributed by atoms with E-state index in [1.54, 1.807) is 6.07 Å². The fraction of sp³-hybridized carbons (Fsp3) is 0.429. The molecule has 1 aromatic rings. The van der Waals surface area contributed by atoms with Crippen LogP contribution < -0.4 is 4.74 Å². The van der Waals surface area contributed by atoms with Gasteiger partial charge >= 0.3 is 0 Å². The average molecular weight is 234 g/mol. The summed E-state index contributed by atoms with van der Waals surface area (Å²) in [5.74, 6) is 0.917. The number of benzene rings is 1. The molecule has 0 fully saturated rings. The first-order chi connectivity index (χ1) is 8.15. The number of carbonyl (C=O) groups excluding carboxylic acids is 2.